The summed E-state index contributed by atoms with van der Waals surface area (Å²) in [4.78, 5) is 15.8. The molecule has 0 spiro atoms. The van der Waals surface area contributed by atoms with E-state index < -0.39 is 0 Å². The molecule has 1 amide bonds. The highest BCUT2D eigenvalue weighted by molar-refractivity contribution is 9.11. The molecular weight excluding hydrogens is 324 g/mol. The van der Waals surface area contributed by atoms with Crippen LogP contribution in [-0.2, 0) is 11.3 Å². The van der Waals surface area contributed by atoms with Crippen LogP contribution >= 0.6 is 27.3 Å². The van der Waals surface area contributed by atoms with Gasteiger partial charge in [0.2, 0.25) is 5.91 Å². The Morgan fingerprint density at radius 1 is 1.58 bits per heavy atom. The highest BCUT2D eigenvalue weighted by atomic mass is 79.9. The molecule has 1 aliphatic rings. The number of hydrogen-bond acceptors (Lipinski definition) is 3. The standard InChI is InChI=1S/C14H21BrN2OS/c1-3-17(9-12-4-5-13(15)19-12)14(18)11-6-7-16-10(2)8-11/h4-5,10-11,16H,3,6-9H2,1-2H3. The Balaban J connectivity index is 1.98. The van der Waals surface area contributed by atoms with Gasteiger partial charge in [0, 0.05) is 23.4 Å². The Morgan fingerprint density at radius 3 is 2.95 bits per heavy atom. The molecule has 2 atom stereocenters. The second kappa shape index (κ2) is 6.86. The van der Waals surface area contributed by atoms with E-state index in [9.17, 15) is 4.79 Å². The molecule has 1 N–H and O–H groups in total. The van der Waals surface area contributed by atoms with Crippen molar-refractivity contribution in [1.82, 2.24) is 10.2 Å². The number of amides is 1. The molecule has 1 fully saturated rings. The summed E-state index contributed by atoms with van der Waals surface area (Å²) in [5.41, 5.74) is 0. The Hall–Kier alpha value is -0.390. The summed E-state index contributed by atoms with van der Waals surface area (Å²) in [6.07, 6.45) is 1.93. The predicted molar refractivity (Wildman–Crippen MR) is 83.3 cm³/mol. The van der Waals surface area contributed by atoms with Crippen molar-refractivity contribution in [2.75, 3.05) is 13.1 Å². The lowest BCUT2D eigenvalue weighted by Gasteiger charge is -2.31. The minimum atomic E-state index is 0.194. The molecule has 0 aliphatic carbocycles. The molecule has 5 heteroatoms. The van der Waals surface area contributed by atoms with Gasteiger partial charge in [0.1, 0.15) is 0 Å². The van der Waals surface area contributed by atoms with Crippen LogP contribution in [0.1, 0.15) is 31.6 Å². The molecule has 2 rings (SSSR count). The molecule has 1 aromatic heterocycles. The lowest BCUT2D eigenvalue weighted by molar-refractivity contribution is -0.137. The predicted octanol–water partition coefficient (Wildman–Crippen LogP) is 3.25. The molecule has 3 nitrogen and oxygen atoms in total. The first-order chi connectivity index (χ1) is 9.10. The first-order valence-electron chi connectivity index (χ1n) is 6.86. The summed E-state index contributed by atoms with van der Waals surface area (Å²) >= 11 is 5.18. The number of nitrogens with zero attached hydrogens (tertiary/aromatic N) is 1. The zero-order valence-corrected chi connectivity index (χ0v) is 13.9. The Kier molecular flexibility index (Phi) is 5.42. The van der Waals surface area contributed by atoms with E-state index in [1.54, 1.807) is 11.3 Å². The lowest BCUT2D eigenvalue weighted by atomic mass is 9.92. The van der Waals surface area contributed by atoms with Crippen molar-refractivity contribution in [3.8, 4) is 0 Å². The Morgan fingerprint density at radius 2 is 2.37 bits per heavy atom. The van der Waals surface area contributed by atoms with Crippen molar-refractivity contribution in [2.45, 2.75) is 39.3 Å². The summed E-state index contributed by atoms with van der Waals surface area (Å²) in [5, 5.41) is 3.40. The third-order valence-corrected chi connectivity index (χ3v) is 5.25. The molecule has 0 bridgehead atoms. The highest BCUT2D eigenvalue weighted by Gasteiger charge is 2.28. The normalized spacial score (nSPS) is 23.3. The molecule has 19 heavy (non-hydrogen) atoms. The van der Waals surface area contributed by atoms with Gasteiger partial charge in [-0.2, -0.15) is 0 Å². The van der Waals surface area contributed by atoms with Crippen molar-refractivity contribution >= 4 is 33.2 Å². The van der Waals surface area contributed by atoms with Gasteiger partial charge >= 0.3 is 0 Å². The lowest BCUT2D eigenvalue weighted by Crippen LogP contribution is -2.43. The van der Waals surface area contributed by atoms with Gasteiger partial charge in [-0.1, -0.05) is 0 Å². The Bertz CT molecular complexity index is 435. The average molecular weight is 345 g/mol. The van der Waals surface area contributed by atoms with E-state index in [-0.39, 0.29) is 5.92 Å². The number of rotatable bonds is 4. The molecule has 1 aliphatic heterocycles. The SMILES string of the molecule is CCN(Cc1ccc(Br)s1)C(=O)C1CCNC(C)C1. The summed E-state index contributed by atoms with van der Waals surface area (Å²) < 4.78 is 1.13. The summed E-state index contributed by atoms with van der Waals surface area (Å²) in [6.45, 7) is 6.70. The van der Waals surface area contributed by atoms with Crippen LogP contribution in [0.3, 0.4) is 0 Å². The maximum absolute atomic E-state index is 12.6. The van der Waals surface area contributed by atoms with Crippen molar-refractivity contribution in [2.24, 2.45) is 5.92 Å². The van der Waals surface area contributed by atoms with E-state index in [1.165, 1.54) is 4.88 Å². The topological polar surface area (TPSA) is 32.3 Å². The second-order valence-electron chi connectivity index (χ2n) is 5.13. The number of halogens is 1. The van der Waals surface area contributed by atoms with Gasteiger partial charge in [-0.05, 0) is 61.3 Å². The van der Waals surface area contributed by atoms with E-state index in [4.69, 9.17) is 0 Å². The number of carbonyl (C=O) groups is 1. The minimum absolute atomic E-state index is 0.194. The first-order valence-corrected chi connectivity index (χ1v) is 8.47. The average Bonchev–Trinajstić information content (AvgIpc) is 2.81. The van der Waals surface area contributed by atoms with Gasteiger partial charge in [0.05, 0.1) is 10.3 Å². The molecule has 0 radical (unpaired) electrons. The van der Waals surface area contributed by atoms with E-state index in [2.05, 4.69) is 41.2 Å². The molecule has 1 saturated heterocycles. The van der Waals surface area contributed by atoms with Crippen LogP contribution in [0.5, 0.6) is 0 Å². The van der Waals surface area contributed by atoms with Gasteiger partial charge in [0.15, 0.2) is 0 Å². The number of nitrogens with one attached hydrogen (secondary N) is 1. The van der Waals surface area contributed by atoms with Crippen molar-refractivity contribution < 1.29 is 4.79 Å². The zero-order chi connectivity index (χ0) is 13.8. The third kappa shape index (κ3) is 4.04. The molecule has 2 heterocycles. The van der Waals surface area contributed by atoms with Crippen molar-refractivity contribution in [3.63, 3.8) is 0 Å². The van der Waals surface area contributed by atoms with E-state index in [1.807, 2.05) is 11.0 Å². The molecule has 0 saturated carbocycles. The van der Waals surface area contributed by atoms with E-state index in [0.29, 0.717) is 11.9 Å². The molecule has 106 valence electrons. The van der Waals surface area contributed by atoms with Crippen LogP contribution in [0.4, 0.5) is 0 Å². The van der Waals surface area contributed by atoms with Crippen LogP contribution in [0.25, 0.3) is 0 Å². The maximum atomic E-state index is 12.6. The van der Waals surface area contributed by atoms with E-state index >= 15 is 0 Å². The van der Waals surface area contributed by atoms with Gasteiger partial charge in [-0.25, -0.2) is 0 Å². The fraction of sp³-hybridized carbons (Fsp3) is 0.643. The smallest absolute Gasteiger partial charge is 0.226 e. The van der Waals surface area contributed by atoms with Crippen LogP contribution in [0, 0.1) is 5.92 Å². The summed E-state index contributed by atoms with van der Waals surface area (Å²) in [6, 6.07) is 4.60. The number of hydrogen-bond donors (Lipinski definition) is 1. The van der Waals surface area contributed by atoms with Crippen molar-refractivity contribution in [1.29, 1.82) is 0 Å². The van der Waals surface area contributed by atoms with Crippen LogP contribution < -0.4 is 5.32 Å². The maximum Gasteiger partial charge on any atom is 0.226 e. The van der Waals surface area contributed by atoms with E-state index in [0.717, 1.165) is 36.3 Å². The second-order valence-corrected chi connectivity index (χ2v) is 7.68. The van der Waals surface area contributed by atoms with Gasteiger partial charge in [-0.3, -0.25) is 4.79 Å². The number of carbonyl (C=O) groups excluding carboxylic acids is 1. The third-order valence-electron chi connectivity index (χ3n) is 3.64. The van der Waals surface area contributed by atoms with Crippen molar-refractivity contribution in [3.05, 3.63) is 20.8 Å². The first kappa shape index (κ1) is 15.0. The summed E-state index contributed by atoms with van der Waals surface area (Å²) in [7, 11) is 0. The minimum Gasteiger partial charge on any atom is -0.338 e. The fourth-order valence-electron chi connectivity index (χ4n) is 2.58. The molecule has 2 unspecified atom stereocenters. The number of piperidine rings is 1. The van der Waals surface area contributed by atoms with Gasteiger partial charge in [0.25, 0.3) is 0 Å². The fourth-order valence-corrected chi connectivity index (χ4v) is 4.08. The van der Waals surface area contributed by atoms with Crippen LogP contribution in [-0.4, -0.2) is 29.9 Å². The largest absolute Gasteiger partial charge is 0.338 e. The molecule has 1 aromatic rings. The zero-order valence-electron chi connectivity index (χ0n) is 11.5. The number of thiophene rings is 1. The van der Waals surface area contributed by atoms with Gasteiger partial charge in [-0.15, -0.1) is 11.3 Å². The van der Waals surface area contributed by atoms with Crippen LogP contribution in [0.2, 0.25) is 0 Å². The quantitative estimate of drug-likeness (QED) is 0.909. The van der Waals surface area contributed by atoms with Crippen LogP contribution in [0.15, 0.2) is 15.9 Å². The highest BCUT2D eigenvalue weighted by Crippen LogP contribution is 2.25. The molecular formula is C14H21BrN2OS. The monoisotopic (exact) mass is 344 g/mol. The Labute approximate surface area is 127 Å². The van der Waals surface area contributed by atoms with Gasteiger partial charge < -0.3 is 10.2 Å². The summed E-state index contributed by atoms with van der Waals surface area (Å²) in [5.74, 6) is 0.514. The molecule has 0 aromatic carbocycles.